The van der Waals surface area contributed by atoms with Crippen molar-refractivity contribution in [2.24, 2.45) is 0 Å². The zero-order chi connectivity index (χ0) is 18.6. The van der Waals surface area contributed by atoms with E-state index in [-0.39, 0.29) is 5.91 Å². The Morgan fingerprint density at radius 2 is 2.00 bits per heavy atom. The average Bonchev–Trinajstić information content (AvgIpc) is 3.29. The summed E-state index contributed by atoms with van der Waals surface area (Å²) in [5.41, 5.74) is 2.86. The minimum absolute atomic E-state index is 0.244. The van der Waals surface area contributed by atoms with Crippen molar-refractivity contribution in [1.29, 1.82) is 0 Å². The Balaban J connectivity index is 1.48. The average molecular weight is 382 g/mol. The molecular formula is C20H22N4O2S. The number of piperidine rings is 1. The number of nitrogens with one attached hydrogen (secondary N) is 1. The third-order valence-electron chi connectivity index (χ3n) is 4.74. The molecule has 1 amide bonds. The van der Waals surface area contributed by atoms with E-state index >= 15 is 0 Å². The maximum absolute atomic E-state index is 12.8. The summed E-state index contributed by atoms with van der Waals surface area (Å²) in [6.07, 6.45) is 3.82. The van der Waals surface area contributed by atoms with Crippen LogP contribution in [0.15, 0.2) is 40.2 Å². The van der Waals surface area contributed by atoms with Crippen molar-refractivity contribution in [2.75, 3.05) is 18.4 Å². The maximum Gasteiger partial charge on any atom is 0.263 e. The van der Waals surface area contributed by atoms with Crippen LogP contribution in [0.4, 0.5) is 5.13 Å². The molecule has 2 aromatic heterocycles. The fourth-order valence-corrected chi connectivity index (χ4v) is 4.07. The SMILES string of the molecule is Cc1onc(-c2ccccc2)c1C(=O)Nc1nc(CN2CCCCC2)cs1. The zero-order valence-corrected chi connectivity index (χ0v) is 16.1. The van der Waals surface area contributed by atoms with Crippen molar-refractivity contribution in [2.45, 2.75) is 32.7 Å². The van der Waals surface area contributed by atoms with Gasteiger partial charge in [-0.05, 0) is 32.9 Å². The number of benzene rings is 1. The molecule has 6 nitrogen and oxygen atoms in total. The predicted octanol–water partition coefficient (Wildman–Crippen LogP) is 4.34. The molecule has 0 bridgehead atoms. The minimum Gasteiger partial charge on any atom is -0.360 e. The van der Waals surface area contributed by atoms with Crippen LogP contribution in [0.3, 0.4) is 0 Å². The number of aromatic nitrogens is 2. The summed E-state index contributed by atoms with van der Waals surface area (Å²) >= 11 is 1.45. The van der Waals surface area contributed by atoms with Gasteiger partial charge in [0, 0.05) is 17.5 Å². The van der Waals surface area contributed by atoms with Crippen LogP contribution in [-0.2, 0) is 6.54 Å². The van der Waals surface area contributed by atoms with Crippen LogP contribution in [0.25, 0.3) is 11.3 Å². The second kappa shape index (κ2) is 8.02. The minimum atomic E-state index is -0.244. The van der Waals surface area contributed by atoms with Crippen LogP contribution in [0.5, 0.6) is 0 Å². The molecule has 0 atom stereocenters. The van der Waals surface area contributed by atoms with Gasteiger partial charge in [0.1, 0.15) is 17.0 Å². The van der Waals surface area contributed by atoms with Crippen LogP contribution in [0, 0.1) is 6.92 Å². The van der Waals surface area contributed by atoms with Crippen molar-refractivity contribution in [1.82, 2.24) is 15.0 Å². The standard InChI is InChI=1S/C20H22N4O2S/c1-14-17(18(23-26-14)15-8-4-2-5-9-15)19(25)22-20-21-16(13-27-20)12-24-10-6-3-7-11-24/h2,4-5,8-9,13H,3,6-7,10-12H2,1H3,(H,21,22,25). The molecule has 1 N–H and O–H groups in total. The van der Waals surface area contributed by atoms with Gasteiger partial charge < -0.3 is 4.52 Å². The predicted molar refractivity (Wildman–Crippen MR) is 106 cm³/mol. The monoisotopic (exact) mass is 382 g/mol. The zero-order valence-electron chi connectivity index (χ0n) is 15.3. The quantitative estimate of drug-likeness (QED) is 0.710. The highest BCUT2D eigenvalue weighted by atomic mass is 32.1. The van der Waals surface area contributed by atoms with Gasteiger partial charge in [0.2, 0.25) is 0 Å². The van der Waals surface area contributed by atoms with Crippen molar-refractivity contribution >= 4 is 22.4 Å². The second-order valence-electron chi connectivity index (χ2n) is 6.76. The molecule has 7 heteroatoms. The Hall–Kier alpha value is -2.51. The second-order valence-corrected chi connectivity index (χ2v) is 7.62. The third-order valence-corrected chi connectivity index (χ3v) is 5.55. The highest BCUT2D eigenvalue weighted by Gasteiger charge is 2.22. The summed E-state index contributed by atoms with van der Waals surface area (Å²) < 4.78 is 5.28. The fourth-order valence-electron chi connectivity index (χ4n) is 3.38. The van der Waals surface area contributed by atoms with Gasteiger partial charge in [-0.25, -0.2) is 4.98 Å². The first-order valence-electron chi connectivity index (χ1n) is 9.20. The number of carbonyl (C=O) groups is 1. The largest absolute Gasteiger partial charge is 0.360 e. The van der Waals surface area contributed by atoms with Crippen LogP contribution < -0.4 is 5.32 Å². The number of anilines is 1. The van der Waals surface area contributed by atoms with Crippen LogP contribution in [0.1, 0.15) is 41.1 Å². The maximum atomic E-state index is 12.8. The lowest BCUT2D eigenvalue weighted by atomic mass is 10.1. The lowest BCUT2D eigenvalue weighted by molar-refractivity contribution is 0.102. The topological polar surface area (TPSA) is 71.3 Å². The number of nitrogens with zero attached hydrogens (tertiary/aromatic N) is 3. The molecule has 140 valence electrons. The van der Waals surface area contributed by atoms with Crippen LogP contribution in [0.2, 0.25) is 0 Å². The summed E-state index contributed by atoms with van der Waals surface area (Å²) in [7, 11) is 0. The molecule has 1 aromatic carbocycles. The molecule has 1 aliphatic heterocycles. The molecule has 4 rings (SSSR count). The van der Waals surface area contributed by atoms with E-state index in [9.17, 15) is 4.79 Å². The molecule has 3 aromatic rings. The number of hydrogen-bond acceptors (Lipinski definition) is 6. The summed E-state index contributed by atoms with van der Waals surface area (Å²) in [6, 6.07) is 9.57. The molecule has 1 aliphatic rings. The lowest BCUT2D eigenvalue weighted by Gasteiger charge is -2.25. The highest BCUT2D eigenvalue weighted by Crippen LogP contribution is 2.27. The first-order chi connectivity index (χ1) is 13.2. The van der Waals surface area contributed by atoms with Gasteiger partial charge in [0.15, 0.2) is 5.13 Å². The number of carbonyl (C=O) groups excluding carboxylic acids is 1. The van der Waals surface area contributed by atoms with Gasteiger partial charge in [0.05, 0.1) is 5.69 Å². The van der Waals surface area contributed by atoms with Gasteiger partial charge in [-0.1, -0.05) is 41.9 Å². The Morgan fingerprint density at radius 3 is 2.78 bits per heavy atom. The molecule has 0 aliphatic carbocycles. The smallest absolute Gasteiger partial charge is 0.263 e. The van der Waals surface area contributed by atoms with E-state index in [0.29, 0.717) is 22.1 Å². The lowest BCUT2D eigenvalue weighted by Crippen LogP contribution is -2.29. The van der Waals surface area contributed by atoms with Crippen molar-refractivity contribution < 1.29 is 9.32 Å². The van der Waals surface area contributed by atoms with Crippen molar-refractivity contribution in [3.8, 4) is 11.3 Å². The number of hydrogen-bond donors (Lipinski definition) is 1. The molecule has 0 spiro atoms. The number of rotatable bonds is 5. The molecule has 0 saturated carbocycles. The molecule has 1 saturated heterocycles. The van der Waals surface area contributed by atoms with E-state index in [1.807, 2.05) is 35.7 Å². The molecule has 0 radical (unpaired) electrons. The highest BCUT2D eigenvalue weighted by molar-refractivity contribution is 7.14. The summed E-state index contributed by atoms with van der Waals surface area (Å²) in [5.74, 6) is 0.253. The summed E-state index contributed by atoms with van der Waals surface area (Å²) in [5, 5.41) is 9.59. The van der Waals surface area contributed by atoms with Gasteiger partial charge in [0.25, 0.3) is 5.91 Å². The van der Waals surface area contributed by atoms with Gasteiger partial charge in [-0.2, -0.15) is 0 Å². The van der Waals surface area contributed by atoms with E-state index in [0.717, 1.165) is 30.9 Å². The molecule has 1 fully saturated rings. The molecule has 0 unspecified atom stereocenters. The number of thiazole rings is 1. The molecular weight excluding hydrogens is 360 g/mol. The summed E-state index contributed by atoms with van der Waals surface area (Å²) in [4.78, 5) is 19.8. The van der Waals surface area contributed by atoms with Crippen molar-refractivity contribution in [3.63, 3.8) is 0 Å². The molecule has 3 heterocycles. The fraction of sp³-hybridized carbons (Fsp3) is 0.350. The first-order valence-corrected chi connectivity index (χ1v) is 10.1. The van der Waals surface area contributed by atoms with Gasteiger partial charge >= 0.3 is 0 Å². The van der Waals surface area contributed by atoms with Gasteiger partial charge in [-0.3, -0.25) is 15.0 Å². The normalized spacial score (nSPS) is 15.0. The van der Waals surface area contributed by atoms with Crippen molar-refractivity contribution in [3.05, 3.63) is 52.7 Å². The first kappa shape index (κ1) is 17.9. The van der Waals surface area contributed by atoms with Crippen LogP contribution in [-0.4, -0.2) is 34.0 Å². The summed E-state index contributed by atoms with van der Waals surface area (Å²) in [6.45, 7) is 4.84. The third kappa shape index (κ3) is 4.09. The van der Waals surface area contributed by atoms with E-state index in [4.69, 9.17) is 4.52 Å². The van der Waals surface area contributed by atoms with E-state index in [2.05, 4.69) is 20.4 Å². The van der Waals surface area contributed by atoms with Crippen LogP contribution >= 0.6 is 11.3 Å². The number of aryl methyl sites for hydroxylation is 1. The Bertz CT molecular complexity index is 913. The molecule has 27 heavy (non-hydrogen) atoms. The Morgan fingerprint density at radius 1 is 1.22 bits per heavy atom. The Kier molecular flexibility index (Phi) is 5.31. The number of likely N-dealkylation sites (tertiary alicyclic amines) is 1. The number of amides is 1. The van der Waals surface area contributed by atoms with E-state index < -0.39 is 0 Å². The Labute approximate surface area is 162 Å². The van der Waals surface area contributed by atoms with Gasteiger partial charge in [-0.15, -0.1) is 11.3 Å². The van der Waals surface area contributed by atoms with E-state index in [1.54, 1.807) is 6.92 Å². The van der Waals surface area contributed by atoms with E-state index in [1.165, 1.54) is 30.6 Å².